The summed E-state index contributed by atoms with van der Waals surface area (Å²) in [5, 5.41) is 15.8. The number of carbonyl (C=O) groups is 1. The molecule has 8 nitrogen and oxygen atoms in total. The van der Waals surface area contributed by atoms with Crippen LogP contribution in [0.1, 0.15) is 75.3 Å². The number of anilines is 1. The summed E-state index contributed by atoms with van der Waals surface area (Å²) in [4.78, 5) is 19.2. The van der Waals surface area contributed by atoms with Gasteiger partial charge in [0, 0.05) is 18.3 Å². The molecule has 8 heteroatoms. The minimum Gasteiger partial charge on any atom is -0.478 e. The van der Waals surface area contributed by atoms with Crippen LogP contribution in [-0.2, 0) is 11.2 Å². The second-order valence-electron chi connectivity index (χ2n) is 11.5. The SMILES string of the molecule is CCCCC(N)CCCC1c2cc3ccccc3cc2CCC1CC(Nc1ccc[nH]1)C(=CC(=O)O)CN=C(N)N. The molecule has 4 rings (SSSR count). The lowest BCUT2D eigenvalue weighted by molar-refractivity contribution is -0.131. The van der Waals surface area contributed by atoms with Crippen molar-refractivity contribution in [2.45, 2.75) is 82.7 Å². The molecule has 0 spiro atoms. The van der Waals surface area contributed by atoms with Gasteiger partial charge < -0.3 is 32.6 Å². The van der Waals surface area contributed by atoms with E-state index in [0.717, 1.165) is 50.8 Å². The summed E-state index contributed by atoms with van der Waals surface area (Å²) >= 11 is 0. The summed E-state index contributed by atoms with van der Waals surface area (Å²) in [5.41, 5.74) is 21.2. The van der Waals surface area contributed by atoms with Gasteiger partial charge in [-0.05, 0) is 90.0 Å². The number of hydrogen-bond acceptors (Lipinski definition) is 4. The van der Waals surface area contributed by atoms with Crippen LogP contribution in [0.25, 0.3) is 10.8 Å². The molecule has 0 aliphatic heterocycles. The molecule has 9 N–H and O–H groups in total. The molecule has 1 aliphatic carbocycles. The Morgan fingerprint density at radius 1 is 1.15 bits per heavy atom. The molecule has 41 heavy (non-hydrogen) atoms. The number of benzene rings is 2. The number of carboxylic acids is 1. The quantitative estimate of drug-likeness (QED) is 0.0803. The third-order valence-electron chi connectivity index (χ3n) is 8.45. The number of aliphatic imine (C=N–C) groups is 1. The van der Waals surface area contributed by atoms with Gasteiger partial charge in [-0.25, -0.2) is 9.79 Å². The second-order valence-corrected chi connectivity index (χ2v) is 11.5. The van der Waals surface area contributed by atoms with Crippen molar-refractivity contribution in [2.24, 2.45) is 28.1 Å². The topological polar surface area (TPSA) is 156 Å². The first-order valence-corrected chi connectivity index (χ1v) is 15.0. The fourth-order valence-electron chi connectivity index (χ4n) is 6.36. The van der Waals surface area contributed by atoms with Crippen molar-refractivity contribution in [3.05, 3.63) is 77.5 Å². The summed E-state index contributed by atoms with van der Waals surface area (Å²) in [7, 11) is 0. The summed E-state index contributed by atoms with van der Waals surface area (Å²) in [6.45, 7) is 2.33. The van der Waals surface area contributed by atoms with Gasteiger partial charge in [-0.1, -0.05) is 62.6 Å². The first kappa shape index (κ1) is 30.2. The summed E-state index contributed by atoms with van der Waals surface area (Å²) in [6.07, 6.45) is 12.4. The number of fused-ring (bicyclic) bond motifs is 2. The van der Waals surface area contributed by atoms with E-state index in [1.54, 1.807) is 0 Å². The highest BCUT2D eigenvalue weighted by atomic mass is 16.4. The third kappa shape index (κ3) is 8.60. The maximum atomic E-state index is 11.9. The number of H-pyrrole nitrogens is 1. The molecule has 1 aromatic heterocycles. The lowest BCUT2D eigenvalue weighted by Crippen LogP contribution is -2.32. The van der Waals surface area contributed by atoms with Gasteiger partial charge in [0.2, 0.25) is 0 Å². The number of rotatable bonds is 15. The van der Waals surface area contributed by atoms with E-state index in [2.05, 4.69) is 58.6 Å². The summed E-state index contributed by atoms with van der Waals surface area (Å²) in [5.74, 6) is 0.456. The zero-order valence-corrected chi connectivity index (χ0v) is 24.2. The van der Waals surface area contributed by atoms with Crippen molar-refractivity contribution < 1.29 is 9.90 Å². The first-order chi connectivity index (χ1) is 19.8. The molecule has 0 fully saturated rings. The Morgan fingerprint density at radius 2 is 1.90 bits per heavy atom. The first-order valence-electron chi connectivity index (χ1n) is 15.0. The van der Waals surface area contributed by atoms with Crippen molar-refractivity contribution in [2.75, 3.05) is 11.9 Å². The molecule has 2 aromatic carbocycles. The molecule has 0 amide bonds. The van der Waals surface area contributed by atoms with Crippen molar-refractivity contribution >= 4 is 28.5 Å². The number of aromatic amines is 1. The molecule has 4 atom stereocenters. The van der Waals surface area contributed by atoms with Crippen molar-refractivity contribution in [1.82, 2.24) is 4.98 Å². The molecule has 4 unspecified atom stereocenters. The van der Waals surface area contributed by atoms with Crippen LogP contribution >= 0.6 is 0 Å². The lowest BCUT2D eigenvalue weighted by Gasteiger charge is -2.37. The van der Waals surface area contributed by atoms with Gasteiger partial charge in [0.1, 0.15) is 5.82 Å². The van der Waals surface area contributed by atoms with Crippen LogP contribution in [-0.4, -0.2) is 40.6 Å². The molecule has 0 bridgehead atoms. The Morgan fingerprint density at radius 3 is 2.59 bits per heavy atom. The fourth-order valence-corrected chi connectivity index (χ4v) is 6.36. The average molecular weight is 559 g/mol. The molecule has 220 valence electrons. The van der Waals surface area contributed by atoms with Crippen LogP contribution in [0.5, 0.6) is 0 Å². The number of hydrogen-bond donors (Lipinski definition) is 6. The van der Waals surface area contributed by atoms with E-state index in [1.165, 1.54) is 40.8 Å². The zero-order valence-electron chi connectivity index (χ0n) is 24.2. The zero-order chi connectivity index (χ0) is 29.2. The second kappa shape index (κ2) is 14.7. The summed E-state index contributed by atoms with van der Waals surface area (Å²) < 4.78 is 0. The number of unbranched alkanes of at least 4 members (excludes halogenated alkanes) is 1. The van der Waals surface area contributed by atoms with E-state index in [-0.39, 0.29) is 24.6 Å². The average Bonchev–Trinajstić information content (AvgIpc) is 3.46. The maximum Gasteiger partial charge on any atom is 0.328 e. The number of nitrogens with one attached hydrogen (secondary N) is 2. The van der Waals surface area contributed by atoms with Crippen LogP contribution in [0.2, 0.25) is 0 Å². The highest BCUT2D eigenvalue weighted by Gasteiger charge is 2.33. The van der Waals surface area contributed by atoms with Gasteiger partial charge in [-0.3, -0.25) is 0 Å². The van der Waals surface area contributed by atoms with Crippen LogP contribution in [0.4, 0.5) is 5.82 Å². The highest BCUT2D eigenvalue weighted by molar-refractivity contribution is 5.84. The Hall–Kier alpha value is -3.78. The molecule has 3 aromatic rings. The normalized spacial score (nSPS) is 18.4. The Bertz CT molecular complexity index is 1330. The predicted octanol–water partition coefficient (Wildman–Crippen LogP) is 5.66. The largest absolute Gasteiger partial charge is 0.478 e. The molecule has 1 heterocycles. The number of aromatic nitrogens is 1. The van der Waals surface area contributed by atoms with Gasteiger partial charge in [-0.15, -0.1) is 0 Å². The minimum absolute atomic E-state index is 0.0596. The van der Waals surface area contributed by atoms with E-state index in [0.29, 0.717) is 17.4 Å². The highest BCUT2D eigenvalue weighted by Crippen LogP contribution is 2.44. The van der Waals surface area contributed by atoms with Gasteiger partial charge in [0.15, 0.2) is 5.96 Å². The van der Waals surface area contributed by atoms with E-state index >= 15 is 0 Å². The maximum absolute atomic E-state index is 11.9. The van der Waals surface area contributed by atoms with E-state index in [1.807, 2.05) is 18.3 Å². The molecule has 0 radical (unpaired) electrons. The minimum atomic E-state index is -1.01. The van der Waals surface area contributed by atoms with Crippen molar-refractivity contribution in [3.8, 4) is 0 Å². The smallest absolute Gasteiger partial charge is 0.328 e. The van der Waals surface area contributed by atoms with E-state index in [9.17, 15) is 9.90 Å². The summed E-state index contributed by atoms with van der Waals surface area (Å²) in [6, 6.07) is 17.2. The molecule has 0 saturated heterocycles. The van der Waals surface area contributed by atoms with Gasteiger partial charge in [0.05, 0.1) is 12.6 Å². The fraction of sp³-hybridized carbons (Fsp3) is 0.455. The van der Waals surface area contributed by atoms with Gasteiger partial charge in [0.25, 0.3) is 0 Å². The third-order valence-corrected chi connectivity index (χ3v) is 8.45. The standard InChI is InChI=1S/C33H46N6O2/c1-2-3-10-27(34)11-6-12-28-25(15-14-24-17-22-8-4-5-9-23(22)18-29(24)28)19-30(39-31-13-7-16-37-31)26(20-32(40)41)21-38-33(35)36/h4-5,7-9,13,16-18,20,25,27-28,30,37,39H,2-3,6,10-12,14-15,19,21,34H2,1H3,(H,40,41)(H4,35,36,38). The monoisotopic (exact) mass is 558 g/mol. The lowest BCUT2D eigenvalue weighted by atomic mass is 9.69. The van der Waals surface area contributed by atoms with Crippen LogP contribution < -0.4 is 22.5 Å². The van der Waals surface area contributed by atoms with Gasteiger partial charge in [-0.2, -0.15) is 0 Å². The Labute approximate surface area is 243 Å². The Kier molecular flexibility index (Phi) is 10.8. The van der Waals surface area contributed by atoms with Crippen LogP contribution in [0.15, 0.2) is 71.4 Å². The predicted molar refractivity (Wildman–Crippen MR) is 169 cm³/mol. The van der Waals surface area contributed by atoms with E-state index in [4.69, 9.17) is 17.2 Å². The van der Waals surface area contributed by atoms with E-state index < -0.39 is 5.97 Å². The number of nitrogens with two attached hydrogens (primary N) is 3. The molecular formula is C33H46N6O2. The van der Waals surface area contributed by atoms with Crippen molar-refractivity contribution in [3.63, 3.8) is 0 Å². The Balaban J connectivity index is 1.65. The molecule has 0 saturated carbocycles. The number of carboxylic acid groups (broad SMARTS) is 1. The number of nitrogens with zero attached hydrogens (tertiary/aromatic N) is 1. The van der Waals surface area contributed by atoms with Crippen LogP contribution in [0.3, 0.4) is 0 Å². The molecular weight excluding hydrogens is 512 g/mol. The number of guanidine groups is 1. The number of aryl methyl sites for hydroxylation is 1. The van der Waals surface area contributed by atoms with Gasteiger partial charge >= 0.3 is 5.97 Å². The molecule has 1 aliphatic rings. The number of aliphatic carboxylic acids is 1. The van der Waals surface area contributed by atoms with Crippen LogP contribution in [0, 0.1) is 5.92 Å². The van der Waals surface area contributed by atoms with Crippen molar-refractivity contribution in [1.29, 1.82) is 0 Å².